The fraction of sp³-hybridized carbons (Fsp3) is 0.600. The molecule has 1 aromatic rings. The summed E-state index contributed by atoms with van der Waals surface area (Å²) in [6.45, 7) is 5.15. The van der Waals surface area contributed by atoms with Gasteiger partial charge >= 0.3 is 0 Å². The topological polar surface area (TPSA) is 21.3 Å². The maximum atomic E-state index is 6.10. The van der Waals surface area contributed by atoms with Crippen LogP contribution in [0.25, 0.3) is 0 Å². The Kier molecular flexibility index (Phi) is 5.71. The molecule has 2 unspecified atom stereocenters. The summed E-state index contributed by atoms with van der Waals surface area (Å²) in [6.07, 6.45) is 3.50. The van der Waals surface area contributed by atoms with Crippen LogP contribution in [0.4, 0.5) is 5.69 Å². The number of benzene rings is 1. The first-order valence-corrected chi connectivity index (χ1v) is 8.44. The predicted molar refractivity (Wildman–Crippen MR) is 85.8 cm³/mol. The van der Waals surface area contributed by atoms with E-state index in [0.717, 1.165) is 29.5 Å². The Morgan fingerprint density at radius 1 is 1.47 bits per heavy atom. The lowest BCUT2D eigenvalue weighted by atomic mass is 10.1. The molecule has 1 heterocycles. The number of anilines is 1. The number of halogens is 1. The second-order valence-electron chi connectivity index (χ2n) is 4.96. The van der Waals surface area contributed by atoms with Crippen molar-refractivity contribution in [2.75, 3.05) is 17.7 Å². The van der Waals surface area contributed by atoms with Gasteiger partial charge in [-0.15, -0.1) is 0 Å². The molecule has 1 fully saturated rings. The first-order chi connectivity index (χ1) is 9.20. The fourth-order valence-electron chi connectivity index (χ4n) is 2.27. The van der Waals surface area contributed by atoms with Crippen molar-refractivity contribution in [2.24, 2.45) is 0 Å². The van der Waals surface area contributed by atoms with Gasteiger partial charge in [0.05, 0.1) is 12.3 Å². The van der Waals surface area contributed by atoms with Crippen LogP contribution in [0.1, 0.15) is 33.1 Å². The molecule has 1 saturated heterocycles. The van der Waals surface area contributed by atoms with Crippen LogP contribution in [0.15, 0.2) is 18.2 Å². The van der Waals surface area contributed by atoms with E-state index in [0.29, 0.717) is 11.3 Å². The Labute approximate surface area is 125 Å². The lowest BCUT2D eigenvalue weighted by Crippen LogP contribution is -2.32. The summed E-state index contributed by atoms with van der Waals surface area (Å²) in [5.41, 5.74) is 1.03. The van der Waals surface area contributed by atoms with Gasteiger partial charge in [0.1, 0.15) is 5.75 Å². The maximum absolute atomic E-state index is 6.10. The molecular formula is C15H22ClNOS. The SMILES string of the molecule is CCCOc1ccc(Cl)cc1NC1CCCSC1C. The minimum atomic E-state index is 0.501. The molecule has 0 aromatic heterocycles. The second-order valence-corrected chi connectivity index (χ2v) is 6.88. The van der Waals surface area contributed by atoms with Gasteiger partial charge in [-0.3, -0.25) is 0 Å². The van der Waals surface area contributed by atoms with Gasteiger partial charge in [-0.05, 0) is 43.2 Å². The quantitative estimate of drug-likeness (QED) is 0.842. The van der Waals surface area contributed by atoms with Gasteiger partial charge in [-0.1, -0.05) is 25.4 Å². The molecule has 0 spiro atoms. The number of ether oxygens (including phenoxy) is 1. The largest absolute Gasteiger partial charge is 0.491 e. The normalized spacial score (nSPS) is 23.1. The third-order valence-corrected chi connectivity index (χ3v) is 4.96. The summed E-state index contributed by atoms with van der Waals surface area (Å²) in [5.74, 6) is 2.18. The van der Waals surface area contributed by atoms with Crippen LogP contribution in [-0.2, 0) is 0 Å². The van der Waals surface area contributed by atoms with E-state index in [1.165, 1.54) is 18.6 Å². The van der Waals surface area contributed by atoms with Crippen molar-refractivity contribution in [3.63, 3.8) is 0 Å². The number of hydrogen-bond donors (Lipinski definition) is 1. The molecule has 0 saturated carbocycles. The van der Waals surface area contributed by atoms with E-state index in [4.69, 9.17) is 16.3 Å². The molecule has 2 atom stereocenters. The highest BCUT2D eigenvalue weighted by Crippen LogP contribution is 2.33. The molecule has 0 bridgehead atoms. The molecule has 1 aliphatic rings. The summed E-state index contributed by atoms with van der Waals surface area (Å²) >= 11 is 8.14. The van der Waals surface area contributed by atoms with Crippen LogP contribution in [-0.4, -0.2) is 23.7 Å². The molecule has 2 rings (SSSR count). The molecule has 19 heavy (non-hydrogen) atoms. The lowest BCUT2D eigenvalue weighted by Gasteiger charge is -2.30. The highest BCUT2D eigenvalue weighted by molar-refractivity contribution is 8.00. The van der Waals surface area contributed by atoms with Crippen LogP contribution in [0.3, 0.4) is 0 Å². The highest BCUT2D eigenvalue weighted by atomic mass is 35.5. The summed E-state index contributed by atoms with van der Waals surface area (Å²) in [7, 11) is 0. The summed E-state index contributed by atoms with van der Waals surface area (Å²) in [6, 6.07) is 6.32. The van der Waals surface area contributed by atoms with E-state index in [1.807, 2.05) is 30.0 Å². The van der Waals surface area contributed by atoms with E-state index in [9.17, 15) is 0 Å². The standard InChI is InChI=1S/C15H22ClNOS/c1-3-8-18-15-7-6-12(16)10-14(15)17-13-5-4-9-19-11(13)2/h6-7,10-11,13,17H,3-5,8-9H2,1-2H3. The zero-order valence-corrected chi connectivity index (χ0v) is 13.2. The molecule has 2 nitrogen and oxygen atoms in total. The van der Waals surface area contributed by atoms with Crippen LogP contribution in [0, 0.1) is 0 Å². The number of rotatable bonds is 5. The van der Waals surface area contributed by atoms with E-state index in [2.05, 4.69) is 19.2 Å². The molecule has 0 aliphatic carbocycles. The molecule has 1 N–H and O–H groups in total. The van der Waals surface area contributed by atoms with Crippen molar-refractivity contribution < 1.29 is 4.74 Å². The maximum Gasteiger partial charge on any atom is 0.142 e. The van der Waals surface area contributed by atoms with Crippen LogP contribution in [0.2, 0.25) is 5.02 Å². The third-order valence-electron chi connectivity index (χ3n) is 3.35. The Balaban J connectivity index is 2.10. The van der Waals surface area contributed by atoms with Crippen molar-refractivity contribution in [3.8, 4) is 5.75 Å². The first kappa shape index (κ1) is 14.9. The Bertz CT molecular complexity index is 413. The number of thioether (sulfide) groups is 1. The van der Waals surface area contributed by atoms with Crippen LogP contribution < -0.4 is 10.1 Å². The van der Waals surface area contributed by atoms with Gasteiger partial charge in [0.15, 0.2) is 0 Å². The zero-order valence-electron chi connectivity index (χ0n) is 11.6. The molecule has 4 heteroatoms. The Morgan fingerprint density at radius 2 is 2.32 bits per heavy atom. The van der Waals surface area contributed by atoms with Crippen molar-refractivity contribution in [1.29, 1.82) is 0 Å². The first-order valence-electron chi connectivity index (χ1n) is 7.01. The molecular weight excluding hydrogens is 278 g/mol. The van der Waals surface area contributed by atoms with Gasteiger partial charge in [0.2, 0.25) is 0 Å². The van der Waals surface area contributed by atoms with Crippen LogP contribution >= 0.6 is 23.4 Å². The summed E-state index contributed by atoms with van der Waals surface area (Å²) < 4.78 is 5.79. The van der Waals surface area contributed by atoms with Gasteiger partial charge in [0.25, 0.3) is 0 Å². The predicted octanol–water partition coefficient (Wildman–Crippen LogP) is 4.82. The summed E-state index contributed by atoms with van der Waals surface area (Å²) in [4.78, 5) is 0. The van der Waals surface area contributed by atoms with Gasteiger partial charge in [-0.2, -0.15) is 11.8 Å². The van der Waals surface area contributed by atoms with Crippen molar-refractivity contribution >= 4 is 29.1 Å². The number of hydrogen-bond acceptors (Lipinski definition) is 3. The minimum absolute atomic E-state index is 0.501. The van der Waals surface area contributed by atoms with E-state index in [1.54, 1.807) is 0 Å². The third kappa shape index (κ3) is 4.22. The van der Waals surface area contributed by atoms with Crippen LogP contribution in [0.5, 0.6) is 5.75 Å². The second kappa shape index (κ2) is 7.30. The van der Waals surface area contributed by atoms with E-state index >= 15 is 0 Å². The molecule has 1 aromatic carbocycles. The smallest absolute Gasteiger partial charge is 0.142 e. The minimum Gasteiger partial charge on any atom is -0.491 e. The molecule has 106 valence electrons. The Morgan fingerprint density at radius 3 is 3.05 bits per heavy atom. The lowest BCUT2D eigenvalue weighted by molar-refractivity contribution is 0.318. The monoisotopic (exact) mass is 299 g/mol. The highest BCUT2D eigenvalue weighted by Gasteiger charge is 2.22. The average Bonchev–Trinajstić information content (AvgIpc) is 2.40. The zero-order chi connectivity index (χ0) is 13.7. The Hall–Kier alpha value is -0.540. The molecule has 1 aliphatic heterocycles. The average molecular weight is 300 g/mol. The molecule has 0 amide bonds. The van der Waals surface area contributed by atoms with Crippen molar-refractivity contribution in [3.05, 3.63) is 23.2 Å². The van der Waals surface area contributed by atoms with Gasteiger partial charge in [-0.25, -0.2) is 0 Å². The van der Waals surface area contributed by atoms with E-state index in [-0.39, 0.29) is 0 Å². The van der Waals surface area contributed by atoms with Gasteiger partial charge < -0.3 is 10.1 Å². The fourth-order valence-corrected chi connectivity index (χ4v) is 3.58. The van der Waals surface area contributed by atoms with Crippen molar-refractivity contribution in [2.45, 2.75) is 44.4 Å². The molecule has 0 radical (unpaired) electrons. The van der Waals surface area contributed by atoms with Gasteiger partial charge in [0, 0.05) is 16.3 Å². The summed E-state index contributed by atoms with van der Waals surface area (Å²) in [5, 5.41) is 5.00. The van der Waals surface area contributed by atoms with Crippen molar-refractivity contribution in [1.82, 2.24) is 0 Å². The van der Waals surface area contributed by atoms with E-state index < -0.39 is 0 Å². The number of nitrogens with one attached hydrogen (secondary N) is 1.